The Balaban J connectivity index is 2.17. The Kier molecular flexibility index (Phi) is 9.81. The molecule has 0 fully saturated rings. The Morgan fingerprint density at radius 1 is 1.03 bits per heavy atom. The molecule has 202 valence electrons. The summed E-state index contributed by atoms with van der Waals surface area (Å²) in [5.41, 5.74) is 0.0662. The molecule has 4 amide bonds. The third-order valence-corrected chi connectivity index (χ3v) is 5.49. The fourth-order valence-corrected chi connectivity index (χ4v) is 3.64. The number of amides is 4. The number of carbonyl (C=O) groups excluding carboxylic acids is 5. The summed E-state index contributed by atoms with van der Waals surface area (Å²) in [7, 11) is 0. The smallest absolute Gasteiger partial charge is 0.445 e. The number of hydrogen-bond acceptors (Lipinski definition) is 6. The summed E-state index contributed by atoms with van der Waals surface area (Å²) in [6, 6.07) is 0.302. The van der Waals surface area contributed by atoms with Crippen LogP contribution in [0.2, 0.25) is 0 Å². The first-order valence-electron chi connectivity index (χ1n) is 11.5. The van der Waals surface area contributed by atoms with Crippen LogP contribution in [-0.4, -0.2) is 54.5 Å². The maximum absolute atomic E-state index is 12.8. The second-order valence-electron chi connectivity index (χ2n) is 8.72. The number of carbonyl (C=O) groups is 5. The summed E-state index contributed by atoms with van der Waals surface area (Å²) >= 11 is 0. The summed E-state index contributed by atoms with van der Waals surface area (Å²) in [5, 5.41) is 9.21. The van der Waals surface area contributed by atoms with Gasteiger partial charge in [0.2, 0.25) is 11.8 Å². The number of anilines is 2. The highest BCUT2D eigenvalue weighted by molar-refractivity contribution is 6.09. The quantitative estimate of drug-likeness (QED) is 0.364. The molecule has 0 bridgehead atoms. The lowest BCUT2D eigenvalue weighted by atomic mass is 9.88. The normalized spacial score (nSPS) is 14.6. The number of halogens is 3. The van der Waals surface area contributed by atoms with Gasteiger partial charge in [-0.2, -0.15) is 13.2 Å². The van der Waals surface area contributed by atoms with Gasteiger partial charge < -0.3 is 26.0 Å². The summed E-state index contributed by atoms with van der Waals surface area (Å²) in [6.45, 7) is 8.14. The van der Waals surface area contributed by atoms with E-state index >= 15 is 0 Å². The van der Waals surface area contributed by atoms with E-state index in [1.807, 2.05) is 0 Å². The van der Waals surface area contributed by atoms with Crippen LogP contribution in [0.3, 0.4) is 0 Å². The van der Waals surface area contributed by atoms with Gasteiger partial charge in [-0.25, -0.2) is 4.79 Å². The molecular weight excluding hydrogens is 497 g/mol. The molecule has 2 rings (SSSR count). The van der Waals surface area contributed by atoms with E-state index < -0.39 is 47.9 Å². The second-order valence-corrected chi connectivity index (χ2v) is 8.72. The van der Waals surface area contributed by atoms with E-state index in [9.17, 15) is 37.1 Å². The van der Waals surface area contributed by atoms with Crippen LogP contribution in [0.5, 0.6) is 0 Å². The number of hydrogen-bond donors (Lipinski definition) is 4. The number of alkyl halides is 3. The van der Waals surface area contributed by atoms with Crippen LogP contribution in [0.4, 0.5) is 29.3 Å². The molecule has 13 heteroatoms. The van der Waals surface area contributed by atoms with Gasteiger partial charge in [0.25, 0.3) is 0 Å². The lowest BCUT2D eigenvalue weighted by molar-refractivity contribution is -0.167. The van der Waals surface area contributed by atoms with Crippen molar-refractivity contribution in [1.82, 2.24) is 10.6 Å². The fourth-order valence-electron chi connectivity index (χ4n) is 3.64. The first-order valence-corrected chi connectivity index (χ1v) is 11.5. The maximum atomic E-state index is 12.8. The summed E-state index contributed by atoms with van der Waals surface area (Å²) in [6.07, 6.45) is -3.86. The Labute approximate surface area is 211 Å². The van der Waals surface area contributed by atoms with Crippen molar-refractivity contribution in [2.24, 2.45) is 5.92 Å². The van der Waals surface area contributed by atoms with E-state index in [1.165, 1.54) is 19.1 Å². The Morgan fingerprint density at radius 2 is 1.68 bits per heavy atom. The molecule has 1 aromatic rings. The molecule has 0 saturated heterocycles. The first kappa shape index (κ1) is 29.3. The van der Waals surface area contributed by atoms with Crippen LogP contribution in [0.15, 0.2) is 24.8 Å². The molecule has 4 N–H and O–H groups in total. The monoisotopic (exact) mass is 526 g/mol. The molecule has 1 aliphatic rings. The van der Waals surface area contributed by atoms with E-state index in [-0.39, 0.29) is 47.9 Å². The summed E-state index contributed by atoms with van der Waals surface area (Å²) in [4.78, 5) is 61.3. The lowest BCUT2D eigenvalue weighted by Crippen LogP contribution is -2.53. The number of alkyl carbamates (subject to hydrolysis) is 1. The molecule has 0 unspecified atom stereocenters. The summed E-state index contributed by atoms with van der Waals surface area (Å²) in [5.74, 6) is -4.34. The van der Waals surface area contributed by atoms with Gasteiger partial charge in [0.05, 0.1) is 5.69 Å². The molecule has 0 saturated carbocycles. The van der Waals surface area contributed by atoms with Gasteiger partial charge in [0.1, 0.15) is 18.7 Å². The van der Waals surface area contributed by atoms with Crippen molar-refractivity contribution in [3.05, 3.63) is 35.9 Å². The van der Waals surface area contributed by atoms with Gasteiger partial charge in [0.15, 0.2) is 5.78 Å². The van der Waals surface area contributed by atoms with Gasteiger partial charge >= 0.3 is 18.2 Å². The number of fused-ring (bicyclic) bond motifs is 1. The zero-order valence-electron chi connectivity index (χ0n) is 20.6. The first-order chi connectivity index (χ1) is 17.3. The highest BCUT2D eigenvalue weighted by atomic mass is 19.4. The minimum absolute atomic E-state index is 0.0530. The molecule has 2 atom stereocenters. The highest BCUT2D eigenvalue weighted by Crippen LogP contribution is 2.34. The average molecular weight is 527 g/mol. The van der Waals surface area contributed by atoms with Gasteiger partial charge in [-0.3, -0.25) is 19.2 Å². The van der Waals surface area contributed by atoms with Crippen molar-refractivity contribution in [2.75, 3.05) is 17.2 Å². The van der Waals surface area contributed by atoms with Crippen LogP contribution in [-0.2, 0) is 25.5 Å². The lowest BCUT2D eigenvalue weighted by Gasteiger charge is -2.25. The largest absolute Gasteiger partial charge is 0.471 e. The molecule has 0 aromatic heterocycles. The van der Waals surface area contributed by atoms with Gasteiger partial charge in [-0.15, -0.1) is 0 Å². The fraction of sp³-hybridized carbons (Fsp3) is 0.458. The maximum Gasteiger partial charge on any atom is 0.471 e. The Morgan fingerprint density at radius 3 is 2.27 bits per heavy atom. The number of ether oxygens (including phenoxy) is 1. The summed E-state index contributed by atoms with van der Waals surface area (Å²) < 4.78 is 43.0. The van der Waals surface area contributed by atoms with Crippen molar-refractivity contribution < 1.29 is 41.9 Å². The van der Waals surface area contributed by atoms with Crippen molar-refractivity contribution in [2.45, 2.75) is 58.3 Å². The van der Waals surface area contributed by atoms with Crippen molar-refractivity contribution in [3.8, 4) is 0 Å². The van der Waals surface area contributed by atoms with Gasteiger partial charge in [-0.05, 0) is 43.4 Å². The molecule has 1 aliphatic carbocycles. The number of benzene rings is 1. The van der Waals surface area contributed by atoms with Crippen molar-refractivity contribution >= 4 is 41.0 Å². The van der Waals surface area contributed by atoms with Crippen LogP contribution in [0.25, 0.3) is 0 Å². The molecule has 10 nitrogen and oxygen atoms in total. The Hall–Kier alpha value is -3.90. The third kappa shape index (κ3) is 7.79. The van der Waals surface area contributed by atoms with E-state index in [1.54, 1.807) is 19.2 Å². The number of Topliss-reactive ketones (excluding diaryl/α,β-unsaturated/α-hetero) is 1. The number of ketones is 1. The van der Waals surface area contributed by atoms with Gasteiger partial charge in [-0.1, -0.05) is 26.5 Å². The van der Waals surface area contributed by atoms with Crippen molar-refractivity contribution in [1.29, 1.82) is 0 Å². The molecule has 0 heterocycles. The van der Waals surface area contributed by atoms with E-state index in [4.69, 9.17) is 4.74 Å². The van der Waals surface area contributed by atoms with Crippen molar-refractivity contribution in [3.63, 3.8) is 0 Å². The standard InChI is InChI=1S/C24H29F3N4O6/c1-5-11-37-23(36)31-19(12(2)3)21(34)28-13(4)20(33)29-15-9-10-16(30-22(35)24(25,26)27)18-14(15)7-6-8-17(18)32/h5,9-10,12-13,19H,1,6-8,11H2,2-4H3,(H,28,34)(H,29,33)(H,30,35)(H,31,36)/t13-,19-/m0/s1. The molecule has 1 aromatic carbocycles. The number of rotatable bonds is 9. The van der Waals surface area contributed by atoms with E-state index in [0.717, 1.165) is 6.07 Å². The number of nitrogens with one attached hydrogen (secondary N) is 4. The predicted molar refractivity (Wildman–Crippen MR) is 128 cm³/mol. The van der Waals surface area contributed by atoms with Crippen LogP contribution >= 0.6 is 0 Å². The third-order valence-electron chi connectivity index (χ3n) is 5.49. The molecule has 0 spiro atoms. The Bertz CT molecular complexity index is 1090. The minimum atomic E-state index is -5.14. The van der Waals surface area contributed by atoms with E-state index in [2.05, 4.69) is 22.5 Å². The van der Waals surface area contributed by atoms with Crippen LogP contribution in [0.1, 0.15) is 49.5 Å². The average Bonchev–Trinajstić information content (AvgIpc) is 2.81. The van der Waals surface area contributed by atoms with E-state index in [0.29, 0.717) is 6.42 Å². The molecular formula is C24H29F3N4O6. The van der Waals surface area contributed by atoms with Crippen LogP contribution < -0.4 is 21.3 Å². The topological polar surface area (TPSA) is 143 Å². The highest BCUT2D eigenvalue weighted by Gasteiger charge is 2.39. The minimum Gasteiger partial charge on any atom is -0.445 e. The van der Waals surface area contributed by atoms with Crippen LogP contribution in [0, 0.1) is 5.92 Å². The van der Waals surface area contributed by atoms with Gasteiger partial charge in [0, 0.05) is 17.7 Å². The molecule has 37 heavy (non-hydrogen) atoms. The second kappa shape index (κ2) is 12.4. The SMILES string of the molecule is C=CCOC(=O)N[C@H](C(=O)N[C@@H](C)C(=O)Nc1ccc(NC(=O)C(F)(F)F)c2c1CCCC2=O)C(C)C. The predicted octanol–water partition coefficient (Wildman–Crippen LogP) is 3.09. The molecule has 0 radical (unpaired) electrons. The zero-order chi connectivity index (χ0) is 27.9. The molecule has 0 aliphatic heterocycles. The zero-order valence-corrected chi connectivity index (χ0v) is 20.6.